The van der Waals surface area contributed by atoms with Crippen LogP contribution in [0, 0.1) is 60.2 Å². The van der Waals surface area contributed by atoms with E-state index >= 15 is 0 Å². The predicted octanol–water partition coefficient (Wildman–Crippen LogP) is 9.40. The summed E-state index contributed by atoms with van der Waals surface area (Å²) >= 11 is 0. The van der Waals surface area contributed by atoms with Gasteiger partial charge in [0.1, 0.15) is 5.75 Å². The summed E-state index contributed by atoms with van der Waals surface area (Å²) in [5, 5.41) is 12.6. The lowest BCUT2D eigenvalue weighted by Gasteiger charge is -2.34. The summed E-state index contributed by atoms with van der Waals surface area (Å²) in [4.78, 5) is 23.0. The van der Waals surface area contributed by atoms with Crippen molar-refractivity contribution in [2.45, 2.75) is 135 Å². The summed E-state index contributed by atoms with van der Waals surface area (Å²) in [6, 6.07) is 3.81. The molecule has 0 aromatic heterocycles. The first-order valence-electron chi connectivity index (χ1n) is 16.0. The Morgan fingerprint density at radius 3 is 1.57 bits per heavy atom. The fourth-order valence-electron chi connectivity index (χ4n) is 7.73. The molecule has 4 fully saturated rings. The van der Waals surface area contributed by atoms with Crippen LogP contribution in [0.5, 0.6) is 5.75 Å². The molecule has 0 saturated heterocycles. The lowest BCUT2D eigenvalue weighted by atomic mass is 9.71. The minimum absolute atomic E-state index is 0. The third kappa shape index (κ3) is 8.53. The Bertz CT molecular complexity index is 962. The highest BCUT2D eigenvalue weighted by atomic mass is 16.5. The maximum Gasteiger partial charge on any atom is 0.311 e. The maximum atomic E-state index is 11.9. The zero-order chi connectivity index (χ0) is 29.8. The number of rotatable bonds is 7. The number of carbonyl (C=O) groups is 2. The third-order valence-electron chi connectivity index (χ3n) is 10.9. The number of ether oxygens (including phenoxy) is 1. The highest BCUT2D eigenvalue weighted by molar-refractivity contribution is 5.81. The number of amides is 1. The molecule has 4 unspecified atom stereocenters. The van der Waals surface area contributed by atoms with Crippen molar-refractivity contribution in [3.8, 4) is 5.75 Å². The molecule has 4 bridgehead atoms. The van der Waals surface area contributed by atoms with Gasteiger partial charge in [0.15, 0.2) is 0 Å². The van der Waals surface area contributed by atoms with Crippen molar-refractivity contribution in [2.75, 3.05) is 6.61 Å². The second kappa shape index (κ2) is 15.6. The summed E-state index contributed by atoms with van der Waals surface area (Å²) in [7, 11) is 0. The van der Waals surface area contributed by atoms with Crippen LogP contribution in [-0.2, 0) is 20.9 Å². The first-order valence-corrected chi connectivity index (χ1v) is 16.0. The number of carbonyl (C=O) groups excluding carboxylic acids is 2. The molecule has 1 amide bonds. The fourth-order valence-corrected chi connectivity index (χ4v) is 7.73. The summed E-state index contributed by atoms with van der Waals surface area (Å²) in [6.07, 6.45) is 11.3. The number of hydrogen-bond donors (Lipinski definition) is 2. The van der Waals surface area contributed by atoms with E-state index in [0.29, 0.717) is 18.9 Å². The number of hydrogen-bond acceptors (Lipinski definition) is 4. The van der Waals surface area contributed by atoms with Gasteiger partial charge in [0.2, 0.25) is 5.91 Å². The normalized spacial score (nSPS) is 26.4. The molecule has 1 aromatic rings. The van der Waals surface area contributed by atoms with Crippen molar-refractivity contribution in [2.24, 2.45) is 46.3 Å². The molecule has 0 heterocycles. The van der Waals surface area contributed by atoms with Crippen LogP contribution in [0.2, 0.25) is 0 Å². The van der Waals surface area contributed by atoms with Gasteiger partial charge in [-0.2, -0.15) is 0 Å². The number of nitrogens with one attached hydrogen (secondary N) is 1. The topological polar surface area (TPSA) is 75.6 Å². The Balaban J connectivity index is 0.000000322. The SMILES string of the molecule is C.C.C1CC2CC1C1C3CCC(C3)C21.CCC(C)(C)C(=O)NCc1cc(C)c(O)c(C)c1.CCOC(=O)C(C)(C)CC. The smallest absolute Gasteiger partial charge is 0.311 e. The molecule has 4 atom stereocenters. The van der Waals surface area contributed by atoms with Crippen molar-refractivity contribution in [1.82, 2.24) is 5.32 Å². The molecule has 5 heteroatoms. The molecule has 5 rings (SSSR count). The van der Waals surface area contributed by atoms with Crippen LogP contribution in [0.25, 0.3) is 0 Å². The van der Waals surface area contributed by atoms with E-state index in [2.05, 4.69) is 5.32 Å². The first kappa shape index (κ1) is 38.0. The van der Waals surface area contributed by atoms with Gasteiger partial charge in [-0.15, -0.1) is 0 Å². The Morgan fingerprint density at radius 1 is 0.810 bits per heavy atom. The molecular formula is C37H65NO4. The van der Waals surface area contributed by atoms with Crippen molar-refractivity contribution in [3.05, 3.63) is 28.8 Å². The summed E-state index contributed by atoms with van der Waals surface area (Å²) in [5.74, 6) is 7.59. The molecule has 1 aromatic carbocycles. The van der Waals surface area contributed by atoms with Crippen LogP contribution < -0.4 is 5.32 Å². The molecule has 0 radical (unpaired) electrons. The number of phenols is 1. The Labute approximate surface area is 259 Å². The molecule has 5 nitrogen and oxygen atoms in total. The Hall–Kier alpha value is -2.04. The number of aryl methyl sites for hydroxylation is 2. The van der Waals surface area contributed by atoms with Gasteiger partial charge in [0, 0.05) is 12.0 Å². The quantitative estimate of drug-likeness (QED) is 0.246. The average molecular weight is 588 g/mol. The first-order chi connectivity index (χ1) is 18.7. The van der Waals surface area contributed by atoms with E-state index in [1.807, 2.05) is 74.4 Å². The van der Waals surface area contributed by atoms with E-state index in [4.69, 9.17) is 4.74 Å². The van der Waals surface area contributed by atoms with Crippen molar-refractivity contribution in [3.63, 3.8) is 0 Å². The molecule has 42 heavy (non-hydrogen) atoms. The summed E-state index contributed by atoms with van der Waals surface area (Å²) < 4.78 is 4.86. The van der Waals surface area contributed by atoms with Gasteiger partial charge in [0.25, 0.3) is 0 Å². The van der Waals surface area contributed by atoms with Crippen molar-refractivity contribution in [1.29, 1.82) is 0 Å². The van der Waals surface area contributed by atoms with Crippen LogP contribution in [0.4, 0.5) is 0 Å². The second-order valence-corrected chi connectivity index (χ2v) is 14.3. The third-order valence-corrected chi connectivity index (χ3v) is 10.9. The van der Waals surface area contributed by atoms with E-state index in [0.717, 1.165) is 29.5 Å². The molecular weight excluding hydrogens is 522 g/mol. The van der Waals surface area contributed by atoms with E-state index in [1.54, 1.807) is 38.5 Å². The van der Waals surface area contributed by atoms with Gasteiger partial charge in [0.05, 0.1) is 12.0 Å². The van der Waals surface area contributed by atoms with E-state index < -0.39 is 0 Å². The van der Waals surface area contributed by atoms with E-state index in [1.165, 1.54) is 35.5 Å². The number of phenolic OH excluding ortho intramolecular Hbond substituents is 1. The number of fused-ring (bicyclic) bond motifs is 9. The van der Waals surface area contributed by atoms with Gasteiger partial charge in [-0.05, 0) is 138 Å². The molecule has 242 valence electrons. The molecule has 4 saturated carbocycles. The Morgan fingerprint density at radius 2 is 1.21 bits per heavy atom. The predicted molar refractivity (Wildman–Crippen MR) is 176 cm³/mol. The monoisotopic (exact) mass is 587 g/mol. The molecule has 2 N–H and O–H groups in total. The van der Waals surface area contributed by atoms with Crippen LogP contribution in [0.1, 0.15) is 131 Å². The fraction of sp³-hybridized carbons (Fsp3) is 0.784. The van der Waals surface area contributed by atoms with Gasteiger partial charge in [-0.25, -0.2) is 0 Å². The molecule has 0 spiro atoms. The minimum Gasteiger partial charge on any atom is -0.507 e. The number of aromatic hydroxyl groups is 1. The van der Waals surface area contributed by atoms with Crippen molar-refractivity contribution >= 4 is 11.9 Å². The van der Waals surface area contributed by atoms with Gasteiger partial charge < -0.3 is 15.2 Å². The van der Waals surface area contributed by atoms with Crippen molar-refractivity contribution < 1.29 is 19.4 Å². The van der Waals surface area contributed by atoms with Crippen LogP contribution >= 0.6 is 0 Å². The van der Waals surface area contributed by atoms with Gasteiger partial charge in [-0.3, -0.25) is 9.59 Å². The maximum absolute atomic E-state index is 11.9. The number of benzene rings is 1. The zero-order valence-electron chi connectivity index (χ0n) is 26.9. The van der Waals surface area contributed by atoms with Crippen LogP contribution in [-0.4, -0.2) is 23.6 Å². The summed E-state index contributed by atoms with van der Waals surface area (Å²) in [5.41, 5.74) is 2.06. The lowest BCUT2D eigenvalue weighted by Crippen LogP contribution is -2.36. The van der Waals surface area contributed by atoms with Gasteiger partial charge in [-0.1, -0.05) is 54.7 Å². The minimum atomic E-state index is -0.332. The molecule has 0 aliphatic heterocycles. The van der Waals surface area contributed by atoms with Crippen LogP contribution in [0.3, 0.4) is 0 Å². The largest absolute Gasteiger partial charge is 0.507 e. The van der Waals surface area contributed by atoms with E-state index in [-0.39, 0.29) is 37.6 Å². The van der Waals surface area contributed by atoms with Crippen LogP contribution in [0.15, 0.2) is 12.1 Å². The highest BCUT2D eigenvalue weighted by Crippen LogP contribution is 2.67. The lowest BCUT2D eigenvalue weighted by molar-refractivity contribution is -0.153. The molecule has 4 aliphatic carbocycles. The average Bonchev–Trinajstić information content (AvgIpc) is 3.73. The second-order valence-electron chi connectivity index (χ2n) is 14.3. The van der Waals surface area contributed by atoms with Gasteiger partial charge >= 0.3 is 5.97 Å². The standard InChI is InChI=1S/C15H23NO2.C12H18.C8H16O2.2CH4/c1-6-15(4,5)14(18)16-9-12-7-10(2)13(17)11(3)8-12;1-2-8-5-7(1)11-9-3-4-10(6-9)12(8)11;1-5-8(3,4)7(9)10-6-2;;/h7-8,17H,6,9H2,1-5H3,(H,16,18);7-12H,1-6H2;5-6H2,1-4H3;2*1H4. The molecule has 4 aliphatic rings. The summed E-state index contributed by atoms with van der Waals surface area (Å²) in [6.45, 7) is 18.2. The Kier molecular flexibility index (Phi) is 14.1. The highest BCUT2D eigenvalue weighted by Gasteiger charge is 2.59. The zero-order valence-corrected chi connectivity index (χ0v) is 26.9. The number of esters is 1. The van der Waals surface area contributed by atoms with E-state index in [9.17, 15) is 14.7 Å².